The first-order valence-corrected chi connectivity index (χ1v) is 7.92. The van der Waals surface area contributed by atoms with Gasteiger partial charge in [0.15, 0.2) is 0 Å². The molecule has 5 heteroatoms. The van der Waals surface area contributed by atoms with Crippen molar-refractivity contribution in [1.82, 2.24) is 15.1 Å². The lowest BCUT2D eigenvalue weighted by atomic mass is 10.0. The van der Waals surface area contributed by atoms with Crippen molar-refractivity contribution in [3.8, 4) is 0 Å². The van der Waals surface area contributed by atoms with Crippen LogP contribution in [0.1, 0.15) is 33.1 Å². The van der Waals surface area contributed by atoms with Crippen LogP contribution in [0.25, 0.3) is 0 Å². The number of carbonyl (C=O) groups is 1. The maximum absolute atomic E-state index is 12.5. The van der Waals surface area contributed by atoms with E-state index in [-0.39, 0.29) is 18.1 Å². The van der Waals surface area contributed by atoms with Crippen LogP contribution in [0, 0.1) is 0 Å². The molecule has 0 aliphatic carbocycles. The second-order valence-corrected chi connectivity index (χ2v) is 6.23. The molecule has 2 rings (SSSR count). The summed E-state index contributed by atoms with van der Waals surface area (Å²) in [4.78, 5) is 16.8. The Morgan fingerprint density at radius 3 is 2.60 bits per heavy atom. The van der Waals surface area contributed by atoms with Crippen molar-refractivity contribution in [3.63, 3.8) is 0 Å². The topological polar surface area (TPSA) is 44.8 Å². The summed E-state index contributed by atoms with van der Waals surface area (Å²) in [5.41, 5.74) is 0. The first-order chi connectivity index (χ1) is 9.60. The molecule has 0 aromatic heterocycles. The summed E-state index contributed by atoms with van der Waals surface area (Å²) in [5.74, 6) is 0.259. The molecule has 0 bridgehead atoms. The minimum absolute atomic E-state index is 0.150. The highest BCUT2D eigenvalue weighted by atomic mass is 16.5. The monoisotopic (exact) mass is 283 g/mol. The molecule has 0 saturated carbocycles. The molecule has 3 atom stereocenters. The standard InChI is InChI=1S/C15H29N3O2/c1-12-9-18(10-13(2)20-12)15(19)11-17-7-5-4-6-14(17)8-16-3/h12-14,16H,4-11H2,1-3H3. The van der Waals surface area contributed by atoms with E-state index in [9.17, 15) is 4.79 Å². The number of hydrogen-bond acceptors (Lipinski definition) is 4. The number of piperidine rings is 1. The normalized spacial score (nSPS) is 32.4. The van der Waals surface area contributed by atoms with Crippen LogP contribution >= 0.6 is 0 Å². The molecule has 1 amide bonds. The van der Waals surface area contributed by atoms with E-state index in [2.05, 4.69) is 10.2 Å². The van der Waals surface area contributed by atoms with Gasteiger partial charge in [-0.1, -0.05) is 6.42 Å². The third-order valence-corrected chi connectivity index (χ3v) is 4.30. The molecule has 2 fully saturated rings. The van der Waals surface area contributed by atoms with Crippen LogP contribution in [0.5, 0.6) is 0 Å². The fourth-order valence-electron chi connectivity index (χ4n) is 3.39. The Hall–Kier alpha value is -0.650. The maximum atomic E-state index is 12.5. The largest absolute Gasteiger partial charge is 0.372 e. The van der Waals surface area contributed by atoms with E-state index in [1.807, 2.05) is 25.8 Å². The predicted molar refractivity (Wildman–Crippen MR) is 79.7 cm³/mol. The Morgan fingerprint density at radius 1 is 1.25 bits per heavy atom. The molecule has 116 valence electrons. The maximum Gasteiger partial charge on any atom is 0.236 e. The second kappa shape index (κ2) is 7.38. The van der Waals surface area contributed by atoms with Gasteiger partial charge in [-0.05, 0) is 40.3 Å². The molecule has 2 aliphatic heterocycles. The molecule has 3 unspecified atom stereocenters. The molecular weight excluding hydrogens is 254 g/mol. The molecule has 20 heavy (non-hydrogen) atoms. The number of likely N-dealkylation sites (N-methyl/N-ethyl adjacent to an activating group) is 1. The van der Waals surface area contributed by atoms with Gasteiger partial charge in [0.2, 0.25) is 5.91 Å². The Kier molecular flexibility index (Phi) is 5.81. The number of carbonyl (C=O) groups excluding carboxylic acids is 1. The van der Waals surface area contributed by atoms with Gasteiger partial charge < -0.3 is 15.0 Å². The van der Waals surface area contributed by atoms with Crippen molar-refractivity contribution in [2.24, 2.45) is 0 Å². The fraction of sp³-hybridized carbons (Fsp3) is 0.933. The Balaban J connectivity index is 1.88. The molecule has 0 spiro atoms. The zero-order chi connectivity index (χ0) is 14.5. The van der Waals surface area contributed by atoms with Crippen molar-refractivity contribution in [2.45, 2.75) is 51.4 Å². The van der Waals surface area contributed by atoms with Gasteiger partial charge in [-0.2, -0.15) is 0 Å². The molecule has 0 radical (unpaired) electrons. The molecule has 2 saturated heterocycles. The van der Waals surface area contributed by atoms with Crippen molar-refractivity contribution in [1.29, 1.82) is 0 Å². The number of hydrogen-bond donors (Lipinski definition) is 1. The van der Waals surface area contributed by atoms with Crippen LogP contribution in [0.3, 0.4) is 0 Å². The third-order valence-electron chi connectivity index (χ3n) is 4.30. The van der Waals surface area contributed by atoms with Crippen molar-refractivity contribution in [2.75, 3.05) is 39.8 Å². The van der Waals surface area contributed by atoms with Crippen LogP contribution in [0.2, 0.25) is 0 Å². The van der Waals surface area contributed by atoms with Crippen LogP contribution in [0.15, 0.2) is 0 Å². The third kappa shape index (κ3) is 4.17. The van der Waals surface area contributed by atoms with Gasteiger partial charge >= 0.3 is 0 Å². The van der Waals surface area contributed by atoms with Gasteiger partial charge in [0.25, 0.3) is 0 Å². The summed E-state index contributed by atoms with van der Waals surface area (Å²) in [7, 11) is 1.99. The lowest BCUT2D eigenvalue weighted by molar-refractivity contribution is -0.145. The Labute approximate surface area is 122 Å². The number of rotatable bonds is 4. The molecular formula is C15H29N3O2. The smallest absolute Gasteiger partial charge is 0.236 e. The quantitative estimate of drug-likeness (QED) is 0.825. The van der Waals surface area contributed by atoms with Gasteiger partial charge in [-0.15, -0.1) is 0 Å². The molecule has 5 nitrogen and oxygen atoms in total. The zero-order valence-electron chi connectivity index (χ0n) is 13.1. The first-order valence-electron chi connectivity index (χ1n) is 7.92. The second-order valence-electron chi connectivity index (χ2n) is 6.23. The highest BCUT2D eigenvalue weighted by molar-refractivity contribution is 5.78. The van der Waals surface area contributed by atoms with E-state index < -0.39 is 0 Å². The number of nitrogens with zero attached hydrogens (tertiary/aromatic N) is 2. The van der Waals surface area contributed by atoms with E-state index in [1.54, 1.807) is 0 Å². The van der Waals surface area contributed by atoms with E-state index >= 15 is 0 Å². The highest BCUT2D eigenvalue weighted by Gasteiger charge is 2.29. The highest BCUT2D eigenvalue weighted by Crippen LogP contribution is 2.17. The van der Waals surface area contributed by atoms with Gasteiger partial charge in [-0.25, -0.2) is 0 Å². The minimum Gasteiger partial charge on any atom is -0.372 e. The van der Waals surface area contributed by atoms with Gasteiger partial charge in [0.05, 0.1) is 18.8 Å². The molecule has 1 N–H and O–H groups in total. The lowest BCUT2D eigenvalue weighted by Gasteiger charge is -2.39. The molecule has 2 aliphatic rings. The molecule has 2 heterocycles. The Morgan fingerprint density at radius 2 is 1.95 bits per heavy atom. The number of amides is 1. The SMILES string of the molecule is CNCC1CCCCN1CC(=O)N1CC(C)OC(C)C1. The number of nitrogens with one attached hydrogen (secondary N) is 1. The summed E-state index contributed by atoms with van der Waals surface area (Å²) in [6, 6.07) is 0.508. The zero-order valence-corrected chi connectivity index (χ0v) is 13.1. The van der Waals surface area contributed by atoms with Crippen molar-refractivity contribution >= 4 is 5.91 Å². The lowest BCUT2D eigenvalue weighted by Crippen LogP contribution is -2.54. The van der Waals surface area contributed by atoms with Crippen LogP contribution in [-0.4, -0.2) is 73.7 Å². The van der Waals surface area contributed by atoms with Crippen molar-refractivity contribution < 1.29 is 9.53 Å². The number of likely N-dealkylation sites (tertiary alicyclic amines) is 1. The summed E-state index contributed by atoms with van der Waals surface area (Å²) in [6.45, 7) is 8.13. The summed E-state index contributed by atoms with van der Waals surface area (Å²) < 4.78 is 5.70. The average Bonchev–Trinajstić information content (AvgIpc) is 2.40. The predicted octanol–water partition coefficient (Wildman–Crippen LogP) is 0.696. The summed E-state index contributed by atoms with van der Waals surface area (Å²) in [6.07, 6.45) is 3.99. The van der Waals surface area contributed by atoms with Gasteiger partial charge in [0.1, 0.15) is 0 Å². The molecule has 0 aromatic carbocycles. The summed E-state index contributed by atoms with van der Waals surface area (Å²) in [5, 5.41) is 3.25. The fourth-order valence-corrected chi connectivity index (χ4v) is 3.39. The van der Waals surface area contributed by atoms with Crippen molar-refractivity contribution in [3.05, 3.63) is 0 Å². The number of ether oxygens (including phenoxy) is 1. The minimum atomic E-state index is 0.150. The van der Waals surface area contributed by atoms with Crippen LogP contribution in [-0.2, 0) is 9.53 Å². The average molecular weight is 283 g/mol. The van der Waals surface area contributed by atoms with Crippen LogP contribution in [0.4, 0.5) is 0 Å². The Bertz CT molecular complexity index is 312. The van der Waals surface area contributed by atoms with Gasteiger partial charge in [-0.3, -0.25) is 9.69 Å². The van der Waals surface area contributed by atoms with Gasteiger partial charge in [0, 0.05) is 25.7 Å². The summed E-state index contributed by atoms with van der Waals surface area (Å²) >= 11 is 0. The molecule has 0 aromatic rings. The van der Waals surface area contributed by atoms with E-state index in [0.717, 1.165) is 26.2 Å². The van der Waals surface area contributed by atoms with E-state index in [4.69, 9.17) is 4.74 Å². The van der Waals surface area contributed by atoms with E-state index in [1.165, 1.54) is 19.3 Å². The van der Waals surface area contributed by atoms with E-state index in [0.29, 0.717) is 12.6 Å². The number of morpholine rings is 1. The van der Waals surface area contributed by atoms with Crippen LogP contribution < -0.4 is 5.32 Å². The first kappa shape index (κ1) is 15.7.